The fraction of sp³-hybridized carbons (Fsp3) is 0.368. The molecule has 1 heterocycles. The Hall–Kier alpha value is -1.26. The van der Waals surface area contributed by atoms with Crippen molar-refractivity contribution >= 4 is 24.8 Å². The summed E-state index contributed by atoms with van der Waals surface area (Å²) < 4.78 is 5.46. The number of benzene rings is 2. The molecule has 0 bridgehead atoms. The van der Waals surface area contributed by atoms with Crippen molar-refractivity contribution in [1.82, 2.24) is 10.6 Å². The summed E-state index contributed by atoms with van der Waals surface area (Å²) in [6, 6.07) is 19.8. The molecule has 0 saturated carbocycles. The summed E-state index contributed by atoms with van der Waals surface area (Å²) in [5.41, 5.74) is 2.64. The first-order valence-corrected chi connectivity index (χ1v) is 8.02. The number of hydrogen-bond donors (Lipinski definition) is 2. The molecule has 1 saturated heterocycles. The van der Waals surface area contributed by atoms with Crippen LogP contribution >= 0.6 is 24.8 Å². The van der Waals surface area contributed by atoms with E-state index in [0.717, 1.165) is 31.7 Å². The smallest absolute Gasteiger partial charge is 0.122 e. The number of piperazine rings is 1. The van der Waals surface area contributed by atoms with Crippen molar-refractivity contribution in [1.29, 1.82) is 0 Å². The molecule has 0 aromatic heterocycles. The van der Waals surface area contributed by atoms with Gasteiger partial charge in [-0.25, -0.2) is 0 Å². The highest BCUT2D eigenvalue weighted by atomic mass is 35.5. The molecule has 0 unspecified atom stereocenters. The second-order valence-corrected chi connectivity index (χ2v) is 5.75. The van der Waals surface area contributed by atoms with Crippen LogP contribution < -0.4 is 15.4 Å². The van der Waals surface area contributed by atoms with Gasteiger partial charge in [0.25, 0.3) is 0 Å². The molecule has 0 radical (unpaired) electrons. The Labute approximate surface area is 157 Å². The fourth-order valence-corrected chi connectivity index (χ4v) is 3.25. The summed E-state index contributed by atoms with van der Waals surface area (Å²) in [5, 5.41) is 7.33. The van der Waals surface area contributed by atoms with Gasteiger partial charge in [0.1, 0.15) is 5.75 Å². The average Bonchev–Trinajstić information content (AvgIpc) is 2.61. The zero-order chi connectivity index (χ0) is 15.2. The fourth-order valence-electron chi connectivity index (χ4n) is 3.25. The number of nitrogens with one attached hydrogen (secondary N) is 2. The van der Waals surface area contributed by atoms with E-state index in [1.807, 2.05) is 12.1 Å². The molecule has 3 rings (SSSR count). The molecule has 132 valence electrons. The minimum absolute atomic E-state index is 0. The molecule has 1 fully saturated rings. The van der Waals surface area contributed by atoms with Gasteiger partial charge < -0.3 is 15.4 Å². The van der Waals surface area contributed by atoms with Crippen LogP contribution in [0.5, 0.6) is 5.75 Å². The van der Waals surface area contributed by atoms with Crippen LogP contribution in [0, 0.1) is 0 Å². The van der Waals surface area contributed by atoms with Crippen LogP contribution in [0.1, 0.15) is 23.6 Å². The Morgan fingerprint density at radius 3 is 2.33 bits per heavy atom. The van der Waals surface area contributed by atoms with Crippen molar-refractivity contribution in [2.24, 2.45) is 0 Å². The minimum atomic E-state index is 0. The van der Waals surface area contributed by atoms with E-state index in [0.29, 0.717) is 12.1 Å². The third kappa shape index (κ3) is 5.12. The number of aryl methyl sites for hydroxylation is 1. The lowest BCUT2D eigenvalue weighted by Gasteiger charge is -2.34. The van der Waals surface area contributed by atoms with Gasteiger partial charge in [-0.2, -0.15) is 0 Å². The number of halogens is 2. The number of para-hydroxylation sites is 1. The Bertz CT molecular complexity index is 595. The first-order valence-electron chi connectivity index (χ1n) is 8.02. The van der Waals surface area contributed by atoms with Crippen molar-refractivity contribution < 1.29 is 4.74 Å². The molecule has 1 aliphatic heterocycles. The van der Waals surface area contributed by atoms with E-state index < -0.39 is 0 Å². The van der Waals surface area contributed by atoms with Crippen LogP contribution in [0.4, 0.5) is 0 Å². The van der Waals surface area contributed by atoms with E-state index in [-0.39, 0.29) is 24.8 Å². The Morgan fingerprint density at radius 1 is 0.917 bits per heavy atom. The van der Waals surface area contributed by atoms with Gasteiger partial charge >= 0.3 is 0 Å². The van der Waals surface area contributed by atoms with E-state index >= 15 is 0 Å². The number of methoxy groups -OCH3 is 1. The van der Waals surface area contributed by atoms with Crippen molar-refractivity contribution in [3.63, 3.8) is 0 Å². The van der Waals surface area contributed by atoms with E-state index in [4.69, 9.17) is 4.74 Å². The van der Waals surface area contributed by atoms with E-state index in [9.17, 15) is 0 Å². The van der Waals surface area contributed by atoms with Gasteiger partial charge in [0, 0.05) is 25.2 Å². The summed E-state index contributed by atoms with van der Waals surface area (Å²) in [5.74, 6) is 0.988. The zero-order valence-corrected chi connectivity index (χ0v) is 15.5. The molecule has 0 amide bonds. The quantitative estimate of drug-likeness (QED) is 0.842. The predicted molar refractivity (Wildman–Crippen MR) is 105 cm³/mol. The van der Waals surface area contributed by atoms with Gasteiger partial charge in [-0.15, -0.1) is 24.8 Å². The first kappa shape index (κ1) is 20.8. The molecule has 24 heavy (non-hydrogen) atoms. The molecule has 2 N–H and O–H groups in total. The molecule has 2 aromatic rings. The lowest BCUT2D eigenvalue weighted by atomic mass is 9.92. The molecule has 0 spiro atoms. The van der Waals surface area contributed by atoms with Crippen molar-refractivity contribution in [3.8, 4) is 5.75 Å². The number of ether oxygens (including phenoxy) is 1. The Balaban J connectivity index is 0.00000144. The van der Waals surface area contributed by atoms with Crippen molar-refractivity contribution in [2.75, 3.05) is 20.2 Å². The molecular formula is C19H26Cl2N2O. The number of hydrogen-bond acceptors (Lipinski definition) is 3. The average molecular weight is 369 g/mol. The highest BCUT2D eigenvalue weighted by molar-refractivity contribution is 5.85. The molecule has 1 aliphatic rings. The zero-order valence-electron chi connectivity index (χ0n) is 13.9. The number of rotatable bonds is 5. The van der Waals surface area contributed by atoms with Crippen LogP contribution in [-0.2, 0) is 6.42 Å². The Morgan fingerprint density at radius 2 is 1.58 bits per heavy atom. The van der Waals surface area contributed by atoms with Gasteiger partial charge in [-0.05, 0) is 30.0 Å². The van der Waals surface area contributed by atoms with E-state index in [1.54, 1.807) is 7.11 Å². The normalized spacial score (nSPS) is 19.7. The lowest BCUT2D eigenvalue weighted by molar-refractivity contribution is 0.311. The Kier molecular flexibility index (Phi) is 9.16. The standard InChI is InChI=1S/C19H24N2O.2ClH/c1-22-18-10-6-5-7-15(18)11-12-17-19(21-14-13-20-17)16-8-3-2-4-9-16;;/h2-10,17,19-21H,11-14H2,1H3;2*1H/t17-,19+;;/m1../s1. The van der Waals surface area contributed by atoms with Crippen LogP contribution in [0.15, 0.2) is 54.6 Å². The van der Waals surface area contributed by atoms with Crippen LogP contribution in [0.25, 0.3) is 0 Å². The van der Waals surface area contributed by atoms with Gasteiger partial charge in [0.05, 0.1) is 7.11 Å². The van der Waals surface area contributed by atoms with Crippen molar-refractivity contribution in [2.45, 2.75) is 24.9 Å². The summed E-state index contributed by atoms with van der Waals surface area (Å²) in [7, 11) is 1.74. The maximum Gasteiger partial charge on any atom is 0.122 e. The highest BCUT2D eigenvalue weighted by Gasteiger charge is 2.25. The third-order valence-electron chi connectivity index (χ3n) is 4.37. The molecular weight excluding hydrogens is 343 g/mol. The second-order valence-electron chi connectivity index (χ2n) is 5.75. The van der Waals surface area contributed by atoms with Gasteiger partial charge in [0.15, 0.2) is 0 Å². The topological polar surface area (TPSA) is 33.3 Å². The maximum absolute atomic E-state index is 5.46. The van der Waals surface area contributed by atoms with Crippen molar-refractivity contribution in [3.05, 3.63) is 65.7 Å². The van der Waals surface area contributed by atoms with Gasteiger partial charge in [-0.3, -0.25) is 0 Å². The maximum atomic E-state index is 5.46. The van der Waals surface area contributed by atoms with Gasteiger partial charge in [-0.1, -0.05) is 48.5 Å². The van der Waals surface area contributed by atoms with E-state index in [2.05, 4.69) is 53.1 Å². The molecule has 2 aromatic carbocycles. The van der Waals surface area contributed by atoms with E-state index in [1.165, 1.54) is 11.1 Å². The molecule has 3 nitrogen and oxygen atoms in total. The monoisotopic (exact) mass is 368 g/mol. The molecule has 2 atom stereocenters. The second kappa shape index (κ2) is 10.6. The molecule has 0 aliphatic carbocycles. The molecule has 5 heteroatoms. The SMILES string of the molecule is COc1ccccc1CC[C@H]1NCCN[C@H]1c1ccccc1.Cl.Cl. The third-order valence-corrected chi connectivity index (χ3v) is 4.37. The lowest BCUT2D eigenvalue weighted by Crippen LogP contribution is -2.50. The highest BCUT2D eigenvalue weighted by Crippen LogP contribution is 2.25. The van der Waals surface area contributed by atoms with Crippen LogP contribution in [0.3, 0.4) is 0 Å². The minimum Gasteiger partial charge on any atom is -0.496 e. The largest absolute Gasteiger partial charge is 0.496 e. The summed E-state index contributed by atoms with van der Waals surface area (Å²) in [4.78, 5) is 0. The summed E-state index contributed by atoms with van der Waals surface area (Å²) >= 11 is 0. The van der Waals surface area contributed by atoms with Crippen LogP contribution in [0.2, 0.25) is 0 Å². The van der Waals surface area contributed by atoms with Gasteiger partial charge in [0.2, 0.25) is 0 Å². The first-order chi connectivity index (χ1) is 10.9. The predicted octanol–water partition coefficient (Wildman–Crippen LogP) is 3.77. The summed E-state index contributed by atoms with van der Waals surface area (Å²) in [6.07, 6.45) is 2.11. The van der Waals surface area contributed by atoms with Crippen LogP contribution in [-0.4, -0.2) is 26.2 Å². The summed E-state index contributed by atoms with van der Waals surface area (Å²) in [6.45, 7) is 2.05.